The minimum atomic E-state index is -3.56. The number of rotatable bonds is 6. The molecule has 6 heteroatoms. The van der Waals surface area contributed by atoms with Gasteiger partial charge in [0.1, 0.15) is 17.9 Å². The van der Waals surface area contributed by atoms with E-state index in [4.69, 9.17) is 4.74 Å². The van der Waals surface area contributed by atoms with Crippen LogP contribution >= 0.6 is 0 Å². The summed E-state index contributed by atoms with van der Waals surface area (Å²) in [5.41, 5.74) is 2.39. The number of fused-ring (bicyclic) bond motifs is 1. The van der Waals surface area contributed by atoms with Gasteiger partial charge in [-0.2, -0.15) is 0 Å². The summed E-state index contributed by atoms with van der Waals surface area (Å²) in [6.45, 7) is 4.06. The topological polar surface area (TPSA) is 68.3 Å². The molecule has 0 fully saturated rings. The zero-order chi connectivity index (χ0) is 17.9. The van der Waals surface area contributed by atoms with Crippen molar-refractivity contribution in [2.24, 2.45) is 0 Å². The van der Waals surface area contributed by atoms with E-state index in [0.29, 0.717) is 10.6 Å². The van der Waals surface area contributed by atoms with Crippen molar-refractivity contribution in [3.8, 4) is 5.75 Å². The van der Waals surface area contributed by atoms with Crippen LogP contribution in [0.1, 0.15) is 11.1 Å². The van der Waals surface area contributed by atoms with Crippen molar-refractivity contribution in [1.29, 1.82) is 0 Å². The fourth-order valence-electron chi connectivity index (χ4n) is 2.60. The highest BCUT2D eigenvalue weighted by molar-refractivity contribution is 7.89. The number of aromatic nitrogens is 1. The van der Waals surface area contributed by atoms with E-state index >= 15 is 0 Å². The van der Waals surface area contributed by atoms with Crippen LogP contribution in [-0.4, -0.2) is 26.6 Å². The Labute approximate surface area is 147 Å². The maximum atomic E-state index is 12.4. The molecule has 0 aliphatic rings. The van der Waals surface area contributed by atoms with E-state index in [1.807, 2.05) is 49.4 Å². The molecule has 1 N–H and O–H groups in total. The second-order valence-corrected chi connectivity index (χ2v) is 7.58. The summed E-state index contributed by atoms with van der Waals surface area (Å²) in [6, 6.07) is 14.9. The zero-order valence-electron chi connectivity index (χ0n) is 14.2. The number of benzene rings is 2. The lowest BCUT2D eigenvalue weighted by molar-refractivity contribution is 0.326. The van der Waals surface area contributed by atoms with Crippen LogP contribution in [0.2, 0.25) is 0 Å². The lowest BCUT2D eigenvalue weighted by atomic mass is 10.2. The standard InChI is InChI=1S/C19H20N2O3S/c1-14-8-9-15(2)18(13-14)25(22,23)21-11-12-24-17-7-3-5-16-6-4-10-20-19(16)17/h3-10,13,21H,11-12H2,1-2H3. The van der Waals surface area contributed by atoms with Crippen LogP contribution in [0.3, 0.4) is 0 Å². The number of pyridine rings is 1. The molecule has 2 aromatic carbocycles. The molecule has 3 rings (SSSR count). The first-order valence-corrected chi connectivity index (χ1v) is 9.49. The highest BCUT2D eigenvalue weighted by atomic mass is 32.2. The molecule has 1 aromatic heterocycles. The SMILES string of the molecule is Cc1ccc(C)c(S(=O)(=O)NCCOc2cccc3cccnc23)c1. The van der Waals surface area contributed by atoms with E-state index in [0.717, 1.165) is 22.0 Å². The number of aryl methyl sites for hydroxylation is 2. The largest absolute Gasteiger partial charge is 0.490 e. The Morgan fingerprint density at radius 3 is 2.72 bits per heavy atom. The van der Waals surface area contributed by atoms with Gasteiger partial charge >= 0.3 is 0 Å². The fraction of sp³-hybridized carbons (Fsp3) is 0.211. The molecule has 25 heavy (non-hydrogen) atoms. The second kappa shape index (κ2) is 7.21. The molecular formula is C19H20N2O3S. The van der Waals surface area contributed by atoms with Crippen molar-refractivity contribution >= 4 is 20.9 Å². The first-order valence-electron chi connectivity index (χ1n) is 8.01. The van der Waals surface area contributed by atoms with Crippen LogP contribution in [0.25, 0.3) is 10.9 Å². The van der Waals surface area contributed by atoms with Crippen molar-refractivity contribution in [2.75, 3.05) is 13.2 Å². The summed E-state index contributed by atoms with van der Waals surface area (Å²) < 4.78 is 33.2. The van der Waals surface area contributed by atoms with E-state index < -0.39 is 10.0 Å². The summed E-state index contributed by atoms with van der Waals surface area (Å²) in [5, 5.41) is 0.982. The monoisotopic (exact) mass is 356 g/mol. The molecule has 5 nitrogen and oxygen atoms in total. The molecule has 0 unspecified atom stereocenters. The molecule has 0 bridgehead atoms. The normalized spacial score (nSPS) is 11.6. The summed E-state index contributed by atoms with van der Waals surface area (Å²) >= 11 is 0. The van der Waals surface area contributed by atoms with Crippen molar-refractivity contribution in [2.45, 2.75) is 18.7 Å². The first-order chi connectivity index (χ1) is 12.0. The summed E-state index contributed by atoms with van der Waals surface area (Å²) in [4.78, 5) is 4.62. The average Bonchev–Trinajstić information content (AvgIpc) is 2.61. The molecule has 0 aliphatic carbocycles. The second-order valence-electron chi connectivity index (χ2n) is 5.85. The quantitative estimate of drug-likeness (QED) is 0.689. The van der Waals surface area contributed by atoms with Gasteiger partial charge in [0.15, 0.2) is 0 Å². The molecule has 0 atom stereocenters. The molecule has 0 saturated carbocycles. The number of nitrogens with zero attached hydrogens (tertiary/aromatic N) is 1. The molecule has 0 aliphatic heterocycles. The van der Waals surface area contributed by atoms with Crippen molar-refractivity contribution in [3.05, 3.63) is 65.9 Å². The van der Waals surface area contributed by atoms with Crippen molar-refractivity contribution < 1.29 is 13.2 Å². The Morgan fingerprint density at radius 2 is 1.88 bits per heavy atom. The minimum Gasteiger partial charge on any atom is -0.490 e. The van der Waals surface area contributed by atoms with Gasteiger partial charge in [-0.05, 0) is 43.2 Å². The number of para-hydroxylation sites is 1. The van der Waals surface area contributed by atoms with Gasteiger partial charge in [0.2, 0.25) is 10.0 Å². The van der Waals surface area contributed by atoms with Crippen LogP contribution in [0.4, 0.5) is 0 Å². The van der Waals surface area contributed by atoms with Gasteiger partial charge < -0.3 is 4.74 Å². The molecule has 3 aromatic rings. The molecule has 1 heterocycles. The molecule has 0 radical (unpaired) electrons. The summed E-state index contributed by atoms with van der Waals surface area (Å²) in [6.07, 6.45) is 1.71. The maximum absolute atomic E-state index is 12.4. The Balaban J connectivity index is 1.65. The number of ether oxygens (including phenoxy) is 1. The van der Waals surface area contributed by atoms with E-state index in [1.54, 1.807) is 19.2 Å². The van der Waals surface area contributed by atoms with Gasteiger partial charge in [-0.15, -0.1) is 0 Å². The third-order valence-corrected chi connectivity index (χ3v) is 5.48. The predicted molar refractivity (Wildman–Crippen MR) is 98.3 cm³/mol. The van der Waals surface area contributed by atoms with Gasteiger partial charge in [-0.1, -0.05) is 30.3 Å². The van der Waals surface area contributed by atoms with E-state index in [1.165, 1.54) is 0 Å². The van der Waals surface area contributed by atoms with Gasteiger partial charge in [0.25, 0.3) is 0 Å². The van der Waals surface area contributed by atoms with Crippen LogP contribution in [0.15, 0.2) is 59.6 Å². The highest BCUT2D eigenvalue weighted by Crippen LogP contribution is 2.22. The Morgan fingerprint density at radius 1 is 1.08 bits per heavy atom. The minimum absolute atomic E-state index is 0.180. The molecule has 130 valence electrons. The van der Waals surface area contributed by atoms with Gasteiger partial charge in [-0.3, -0.25) is 4.98 Å². The Kier molecular flexibility index (Phi) is 5.01. The summed E-state index contributed by atoms with van der Waals surface area (Å²) in [7, 11) is -3.56. The third-order valence-electron chi connectivity index (χ3n) is 3.88. The van der Waals surface area contributed by atoms with Crippen LogP contribution in [0, 0.1) is 13.8 Å². The van der Waals surface area contributed by atoms with Crippen LogP contribution in [0.5, 0.6) is 5.75 Å². The predicted octanol–water partition coefficient (Wildman–Crippen LogP) is 3.21. The number of sulfonamides is 1. The smallest absolute Gasteiger partial charge is 0.240 e. The molecule has 0 amide bonds. The summed E-state index contributed by atoms with van der Waals surface area (Å²) in [5.74, 6) is 0.643. The zero-order valence-corrected chi connectivity index (χ0v) is 15.0. The Hall–Kier alpha value is -2.44. The van der Waals surface area contributed by atoms with Crippen molar-refractivity contribution in [3.63, 3.8) is 0 Å². The van der Waals surface area contributed by atoms with E-state index in [9.17, 15) is 8.42 Å². The van der Waals surface area contributed by atoms with Crippen molar-refractivity contribution in [1.82, 2.24) is 9.71 Å². The number of hydrogen-bond donors (Lipinski definition) is 1. The fourth-order valence-corrected chi connectivity index (χ4v) is 3.94. The Bertz CT molecular complexity index is 995. The van der Waals surface area contributed by atoms with E-state index in [-0.39, 0.29) is 13.2 Å². The lowest BCUT2D eigenvalue weighted by Gasteiger charge is -2.11. The number of hydrogen-bond acceptors (Lipinski definition) is 4. The molecular weight excluding hydrogens is 336 g/mol. The molecule has 0 saturated heterocycles. The lowest BCUT2D eigenvalue weighted by Crippen LogP contribution is -2.28. The highest BCUT2D eigenvalue weighted by Gasteiger charge is 2.16. The van der Waals surface area contributed by atoms with Gasteiger partial charge in [-0.25, -0.2) is 13.1 Å². The van der Waals surface area contributed by atoms with E-state index in [2.05, 4.69) is 9.71 Å². The molecule has 0 spiro atoms. The van der Waals surface area contributed by atoms with Gasteiger partial charge in [0.05, 0.1) is 4.90 Å². The third kappa shape index (κ3) is 3.97. The van der Waals surface area contributed by atoms with Gasteiger partial charge in [0, 0.05) is 18.1 Å². The van der Waals surface area contributed by atoms with Crippen LogP contribution in [-0.2, 0) is 10.0 Å². The van der Waals surface area contributed by atoms with Crippen LogP contribution < -0.4 is 9.46 Å². The average molecular weight is 356 g/mol. The number of nitrogens with one attached hydrogen (secondary N) is 1. The first kappa shape index (κ1) is 17.4. The maximum Gasteiger partial charge on any atom is 0.240 e.